The Morgan fingerprint density at radius 2 is 1.91 bits per heavy atom. The number of ether oxygens (including phenoxy) is 1. The van der Waals surface area contributed by atoms with Gasteiger partial charge in [0.2, 0.25) is 0 Å². The largest absolute Gasteiger partial charge is 0.466 e. The summed E-state index contributed by atoms with van der Waals surface area (Å²) in [6.07, 6.45) is 1.11. The fourth-order valence-electron chi connectivity index (χ4n) is 0.0833. The van der Waals surface area contributed by atoms with E-state index in [4.69, 9.17) is 10.2 Å². The monoisotopic (exact) mass is 184 g/mol. The van der Waals surface area contributed by atoms with Crippen LogP contribution in [0.3, 0.4) is 0 Å². The maximum absolute atomic E-state index is 9.84. The second-order valence-electron chi connectivity index (χ2n) is 1.17. The fourth-order valence-corrected chi connectivity index (χ4v) is 0.0833. The zero-order valence-corrected chi connectivity index (χ0v) is 7.13. The number of methoxy groups -OCH3 is 1. The first-order chi connectivity index (χ1) is 4.72. The molecule has 0 aliphatic carbocycles. The summed E-state index contributed by atoms with van der Waals surface area (Å²) in [4.78, 5) is 9.84. The maximum atomic E-state index is 9.84. The number of aliphatic hydroxyl groups is 2. The molecular formula is C6H13ClO4. The number of rotatable bonds is 2. The molecule has 0 bridgehead atoms. The highest BCUT2D eigenvalue weighted by Gasteiger charge is 1.81. The van der Waals surface area contributed by atoms with Crippen molar-refractivity contribution in [2.45, 2.75) is 0 Å². The molecule has 0 aliphatic heterocycles. The average molecular weight is 185 g/mol. The summed E-state index contributed by atoms with van der Waals surface area (Å²) in [6.45, 7) is 2.91. The number of carbonyl (C=O) groups excluding carboxylic acids is 1. The van der Waals surface area contributed by atoms with Crippen LogP contribution in [0.15, 0.2) is 12.7 Å². The van der Waals surface area contributed by atoms with Crippen LogP contribution in [0.5, 0.6) is 0 Å². The van der Waals surface area contributed by atoms with Gasteiger partial charge in [0.15, 0.2) is 0 Å². The molecule has 0 amide bonds. The summed E-state index contributed by atoms with van der Waals surface area (Å²) in [5.74, 6) is -0.394. The molecule has 0 radical (unpaired) electrons. The summed E-state index contributed by atoms with van der Waals surface area (Å²) < 4.78 is 4.14. The summed E-state index contributed by atoms with van der Waals surface area (Å²) in [7, 11) is 1.31. The lowest BCUT2D eigenvalue weighted by Crippen LogP contribution is -1.91. The Hall–Kier alpha value is -0.580. The highest BCUT2D eigenvalue weighted by atomic mass is 35.5. The number of esters is 1. The molecular weight excluding hydrogens is 172 g/mol. The molecule has 0 rings (SSSR count). The van der Waals surface area contributed by atoms with Crippen molar-refractivity contribution in [1.82, 2.24) is 0 Å². The minimum atomic E-state index is -0.394. The van der Waals surface area contributed by atoms with Crippen LogP contribution >= 0.6 is 12.4 Å². The van der Waals surface area contributed by atoms with Gasteiger partial charge in [-0.05, 0) is 0 Å². The minimum absolute atomic E-state index is 0. The second-order valence-corrected chi connectivity index (χ2v) is 1.17. The average Bonchev–Trinajstić information content (AvgIpc) is 2.03. The van der Waals surface area contributed by atoms with Gasteiger partial charge in [0.1, 0.15) is 0 Å². The van der Waals surface area contributed by atoms with Gasteiger partial charge in [0.05, 0.1) is 20.3 Å². The number of hydrogen-bond donors (Lipinski definition) is 2. The van der Waals surface area contributed by atoms with Crippen LogP contribution in [0, 0.1) is 0 Å². The van der Waals surface area contributed by atoms with Crippen LogP contribution in [-0.2, 0) is 9.53 Å². The zero-order valence-electron chi connectivity index (χ0n) is 6.32. The van der Waals surface area contributed by atoms with E-state index in [0.29, 0.717) is 0 Å². The summed E-state index contributed by atoms with van der Waals surface area (Å²) in [5, 5.41) is 15.2. The van der Waals surface area contributed by atoms with Crippen molar-refractivity contribution in [1.29, 1.82) is 0 Å². The van der Waals surface area contributed by atoms with Gasteiger partial charge in [0, 0.05) is 6.08 Å². The van der Waals surface area contributed by atoms with Crippen LogP contribution < -0.4 is 0 Å². The first-order valence-electron chi connectivity index (χ1n) is 2.65. The van der Waals surface area contributed by atoms with Gasteiger partial charge in [-0.3, -0.25) is 0 Å². The lowest BCUT2D eigenvalue weighted by atomic mass is 10.7. The highest BCUT2D eigenvalue weighted by Crippen LogP contribution is 1.67. The maximum Gasteiger partial charge on any atom is 0.329 e. The van der Waals surface area contributed by atoms with Crippen LogP contribution in [-0.4, -0.2) is 36.5 Å². The lowest BCUT2D eigenvalue weighted by Gasteiger charge is -1.83. The van der Waals surface area contributed by atoms with E-state index < -0.39 is 5.97 Å². The Morgan fingerprint density at radius 1 is 1.55 bits per heavy atom. The molecule has 0 spiro atoms. The fraction of sp³-hybridized carbons (Fsp3) is 0.500. The van der Waals surface area contributed by atoms with Crippen molar-refractivity contribution in [2.24, 2.45) is 0 Å². The molecule has 0 aliphatic rings. The van der Waals surface area contributed by atoms with Crippen LogP contribution in [0.25, 0.3) is 0 Å². The molecule has 2 N–H and O–H groups in total. The molecule has 5 heteroatoms. The van der Waals surface area contributed by atoms with Crippen molar-refractivity contribution in [3.8, 4) is 0 Å². The predicted octanol–water partition coefficient (Wildman–Crippen LogP) is -0.262. The van der Waals surface area contributed by atoms with E-state index in [1.165, 1.54) is 7.11 Å². The zero-order chi connectivity index (χ0) is 8.41. The first-order valence-corrected chi connectivity index (χ1v) is 2.65. The van der Waals surface area contributed by atoms with E-state index in [0.717, 1.165) is 6.08 Å². The predicted molar refractivity (Wildman–Crippen MR) is 43.6 cm³/mol. The molecule has 11 heavy (non-hydrogen) atoms. The van der Waals surface area contributed by atoms with Crippen LogP contribution in [0.2, 0.25) is 0 Å². The summed E-state index contributed by atoms with van der Waals surface area (Å²) in [5.41, 5.74) is 0. The van der Waals surface area contributed by atoms with Crippen molar-refractivity contribution < 1.29 is 19.7 Å². The number of carbonyl (C=O) groups is 1. The van der Waals surface area contributed by atoms with E-state index in [-0.39, 0.29) is 25.6 Å². The van der Waals surface area contributed by atoms with Crippen LogP contribution in [0.1, 0.15) is 0 Å². The molecule has 0 saturated heterocycles. The summed E-state index contributed by atoms with van der Waals surface area (Å²) in [6, 6.07) is 0. The molecule has 0 fully saturated rings. The Balaban J connectivity index is -0.000000114. The molecule has 0 unspecified atom stereocenters. The van der Waals surface area contributed by atoms with Gasteiger partial charge in [-0.2, -0.15) is 0 Å². The number of aliphatic hydroxyl groups excluding tert-OH is 2. The van der Waals surface area contributed by atoms with E-state index in [1.54, 1.807) is 0 Å². The standard InChI is InChI=1S/C4H6O2.C2H6O2.ClH/c1-3-4(5)6-2;3-1-2-4;/h3H,1H2,2H3;3-4H,1-2H2;1H. The lowest BCUT2D eigenvalue weighted by molar-refractivity contribution is -0.134. The first kappa shape index (κ1) is 16.8. The smallest absolute Gasteiger partial charge is 0.329 e. The molecule has 0 aromatic heterocycles. The van der Waals surface area contributed by atoms with Crippen molar-refractivity contribution in [3.63, 3.8) is 0 Å². The van der Waals surface area contributed by atoms with E-state index in [2.05, 4.69) is 11.3 Å². The molecule has 0 aromatic carbocycles. The van der Waals surface area contributed by atoms with Crippen molar-refractivity contribution in [3.05, 3.63) is 12.7 Å². The number of halogens is 1. The van der Waals surface area contributed by atoms with E-state index >= 15 is 0 Å². The Morgan fingerprint density at radius 3 is 1.91 bits per heavy atom. The topological polar surface area (TPSA) is 66.8 Å². The van der Waals surface area contributed by atoms with Gasteiger partial charge in [-0.25, -0.2) is 4.79 Å². The third-order valence-corrected chi connectivity index (χ3v) is 0.468. The van der Waals surface area contributed by atoms with Gasteiger partial charge in [0.25, 0.3) is 0 Å². The highest BCUT2D eigenvalue weighted by molar-refractivity contribution is 5.85. The molecule has 0 aromatic rings. The van der Waals surface area contributed by atoms with Gasteiger partial charge in [-0.15, -0.1) is 12.4 Å². The Kier molecular flexibility index (Phi) is 24.7. The third-order valence-electron chi connectivity index (χ3n) is 0.468. The minimum Gasteiger partial charge on any atom is -0.466 e. The molecule has 0 heterocycles. The van der Waals surface area contributed by atoms with Crippen molar-refractivity contribution in [2.75, 3.05) is 20.3 Å². The number of hydrogen-bond acceptors (Lipinski definition) is 4. The molecule has 0 saturated carbocycles. The normalized spacial score (nSPS) is 6.45. The second kappa shape index (κ2) is 16.2. The van der Waals surface area contributed by atoms with Gasteiger partial charge < -0.3 is 14.9 Å². The van der Waals surface area contributed by atoms with E-state index in [9.17, 15) is 4.79 Å². The Bertz CT molecular complexity index is 92.6. The quantitative estimate of drug-likeness (QED) is 0.458. The van der Waals surface area contributed by atoms with E-state index in [1.807, 2.05) is 0 Å². The SMILES string of the molecule is C=CC(=O)OC.Cl.OCCO. The molecule has 4 nitrogen and oxygen atoms in total. The molecule has 0 atom stereocenters. The van der Waals surface area contributed by atoms with Gasteiger partial charge in [-0.1, -0.05) is 6.58 Å². The summed E-state index contributed by atoms with van der Waals surface area (Å²) >= 11 is 0. The molecule has 68 valence electrons. The Labute approximate surface area is 71.9 Å². The van der Waals surface area contributed by atoms with Gasteiger partial charge >= 0.3 is 5.97 Å². The van der Waals surface area contributed by atoms with Crippen LogP contribution in [0.4, 0.5) is 0 Å². The van der Waals surface area contributed by atoms with Crippen molar-refractivity contribution >= 4 is 18.4 Å². The third kappa shape index (κ3) is 26.5.